The summed E-state index contributed by atoms with van der Waals surface area (Å²) in [6.45, 7) is 3.56. The number of anilines is 1. The molecule has 0 atom stereocenters. The zero-order valence-electron chi connectivity index (χ0n) is 11.4. The third kappa shape index (κ3) is 2.66. The lowest BCUT2D eigenvalue weighted by Crippen LogP contribution is -2.01. The Kier molecular flexibility index (Phi) is 3.79. The minimum absolute atomic E-state index is 0.0889. The standard InChI is InChI=1S/C13H14N4O3/c1-8-4-5-11(10(6-8)17(18)19)20-13-9(2)12(14-3)15-7-16-13/h4-7H,1-3H3,(H,14,15,16). The summed E-state index contributed by atoms with van der Waals surface area (Å²) in [5.74, 6) is 1.06. The molecular weight excluding hydrogens is 260 g/mol. The molecule has 0 spiro atoms. The maximum atomic E-state index is 11.1. The summed E-state index contributed by atoms with van der Waals surface area (Å²) in [5, 5.41) is 14.0. The zero-order valence-corrected chi connectivity index (χ0v) is 11.4. The van der Waals surface area contributed by atoms with E-state index < -0.39 is 4.92 Å². The smallest absolute Gasteiger partial charge is 0.311 e. The maximum Gasteiger partial charge on any atom is 0.311 e. The predicted octanol–water partition coefficient (Wildman–Crippen LogP) is 2.84. The average Bonchev–Trinajstić information content (AvgIpc) is 2.42. The van der Waals surface area contributed by atoms with Crippen LogP contribution in [0.25, 0.3) is 0 Å². The van der Waals surface area contributed by atoms with E-state index in [-0.39, 0.29) is 17.3 Å². The predicted molar refractivity (Wildman–Crippen MR) is 74.2 cm³/mol. The van der Waals surface area contributed by atoms with Gasteiger partial charge in [0, 0.05) is 13.1 Å². The Hall–Kier alpha value is -2.70. The van der Waals surface area contributed by atoms with Gasteiger partial charge in [-0.3, -0.25) is 10.1 Å². The van der Waals surface area contributed by atoms with Gasteiger partial charge in [0.1, 0.15) is 12.1 Å². The highest BCUT2D eigenvalue weighted by molar-refractivity contribution is 5.53. The third-order valence-electron chi connectivity index (χ3n) is 2.79. The second-order valence-corrected chi connectivity index (χ2v) is 4.23. The lowest BCUT2D eigenvalue weighted by Gasteiger charge is -2.10. The number of nitrogens with one attached hydrogen (secondary N) is 1. The van der Waals surface area contributed by atoms with Gasteiger partial charge < -0.3 is 10.1 Å². The second kappa shape index (κ2) is 5.52. The molecule has 0 aliphatic heterocycles. The van der Waals surface area contributed by atoms with Crippen molar-refractivity contribution >= 4 is 11.5 Å². The number of nitro groups is 1. The van der Waals surface area contributed by atoms with Crippen LogP contribution < -0.4 is 10.1 Å². The second-order valence-electron chi connectivity index (χ2n) is 4.23. The van der Waals surface area contributed by atoms with Crippen LogP contribution in [0.5, 0.6) is 11.6 Å². The lowest BCUT2D eigenvalue weighted by atomic mass is 10.2. The first-order valence-corrected chi connectivity index (χ1v) is 5.95. The summed E-state index contributed by atoms with van der Waals surface area (Å²) >= 11 is 0. The zero-order chi connectivity index (χ0) is 14.7. The van der Waals surface area contributed by atoms with E-state index in [1.807, 2.05) is 0 Å². The molecule has 1 aromatic heterocycles. The number of hydrogen-bond donors (Lipinski definition) is 1. The van der Waals surface area contributed by atoms with Crippen molar-refractivity contribution in [2.45, 2.75) is 13.8 Å². The topological polar surface area (TPSA) is 90.2 Å². The molecular formula is C13H14N4O3. The fourth-order valence-corrected chi connectivity index (χ4v) is 1.75. The number of aromatic nitrogens is 2. The monoisotopic (exact) mass is 274 g/mol. The van der Waals surface area contributed by atoms with E-state index in [1.165, 1.54) is 12.4 Å². The highest BCUT2D eigenvalue weighted by Crippen LogP contribution is 2.33. The van der Waals surface area contributed by atoms with Crippen molar-refractivity contribution < 1.29 is 9.66 Å². The minimum atomic E-state index is -0.474. The van der Waals surface area contributed by atoms with E-state index >= 15 is 0 Å². The highest BCUT2D eigenvalue weighted by atomic mass is 16.6. The molecule has 0 radical (unpaired) electrons. The maximum absolute atomic E-state index is 11.1. The van der Waals surface area contributed by atoms with Crippen LogP contribution in [0.3, 0.4) is 0 Å². The summed E-state index contributed by atoms with van der Waals surface area (Å²) in [4.78, 5) is 18.6. The first kappa shape index (κ1) is 13.7. The average molecular weight is 274 g/mol. The number of aryl methyl sites for hydroxylation is 1. The number of nitro benzene ring substituents is 1. The first-order chi connectivity index (χ1) is 9.52. The van der Waals surface area contributed by atoms with E-state index in [0.29, 0.717) is 11.4 Å². The molecule has 0 saturated carbocycles. The van der Waals surface area contributed by atoms with Crippen molar-refractivity contribution in [3.63, 3.8) is 0 Å². The van der Waals surface area contributed by atoms with Crippen molar-refractivity contribution in [3.05, 3.63) is 45.8 Å². The van der Waals surface area contributed by atoms with Gasteiger partial charge in [-0.1, -0.05) is 6.07 Å². The van der Waals surface area contributed by atoms with Gasteiger partial charge in [-0.25, -0.2) is 9.97 Å². The van der Waals surface area contributed by atoms with Crippen molar-refractivity contribution in [2.24, 2.45) is 0 Å². The van der Waals surface area contributed by atoms with Crippen LogP contribution >= 0.6 is 0 Å². The number of rotatable bonds is 4. The summed E-state index contributed by atoms with van der Waals surface area (Å²) < 4.78 is 5.57. The fraction of sp³-hybridized carbons (Fsp3) is 0.231. The molecule has 7 nitrogen and oxygen atoms in total. The van der Waals surface area contributed by atoms with Crippen LogP contribution in [0.1, 0.15) is 11.1 Å². The van der Waals surface area contributed by atoms with Gasteiger partial charge in [0.2, 0.25) is 11.6 Å². The van der Waals surface area contributed by atoms with Gasteiger partial charge in [0.25, 0.3) is 0 Å². The van der Waals surface area contributed by atoms with Gasteiger partial charge >= 0.3 is 5.69 Å². The van der Waals surface area contributed by atoms with Crippen LogP contribution in [0, 0.1) is 24.0 Å². The van der Waals surface area contributed by atoms with Crippen LogP contribution in [-0.2, 0) is 0 Å². The number of hydrogen-bond acceptors (Lipinski definition) is 6. The molecule has 0 saturated heterocycles. The van der Waals surface area contributed by atoms with Gasteiger partial charge in [-0.15, -0.1) is 0 Å². The van der Waals surface area contributed by atoms with Crippen molar-refractivity contribution in [2.75, 3.05) is 12.4 Å². The van der Waals surface area contributed by atoms with E-state index in [0.717, 1.165) is 5.56 Å². The summed E-state index contributed by atoms with van der Waals surface area (Å²) in [5.41, 5.74) is 1.39. The Labute approximate surface area is 115 Å². The lowest BCUT2D eigenvalue weighted by molar-refractivity contribution is -0.385. The Bertz CT molecular complexity index is 658. The van der Waals surface area contributed by atoms with Gasteiger partial charge in [0.15, 0.2) is 0 Å². The number of nitrogens with zero attached hydrogens (tertiary/aromatic N) is 3. The molecule has 0 aliphatic carbocycles. The molecule has 1 aromatic carbocycles. The molecule has 7 heteroatoms. The molecule has 20 heavy (non-hydrogen) atoms. The van der Waals surface area contributed by atoms with Crippen molar-refractivity contribution in [1.29, 1.82) is 0 Å². The van der Waals surface area contributed by atoms with Gasteiger partial charge in [-0.2, -0.15) is 0 Å². The molecule has 0 bridgehead atoms. The molecule has 2 aromatic rings. The fourth-order valence-electron chi connectivity index (χ4n) is 1.75. The van der Waals surface area contributed by atoms with Crippen LogP contribution in [0.4, 0.5) is 11.5 Å². The van der Waals surface area contributed by atoms with Gasteiger partial charge in [-0.05, 0) is 25.5 Å². The molecule has 104 valence electrons. The molecule has 0 fully saturated rings. The van der Waals surface area contributed by atoms with Crippen molar-refractivity contribution in [3.8, 4) is 11.6 Å². The SMILES string of the molecule is CNc1ncnc(Oc2ccc(C)cc2[N+](=O)[O-])c1C. The highest BCUT2D eigenvalue weighted by Gasteiger charge is 2.18. The molecule has 0 aliphatic rings. The van der Waals surface area contributed by atoms with Crippen LogP contribution in [0.2, 0.25) is 0 Å². The molecule has 1 heterocycles. The molecule has 0 amide bonds. The van der Waals surface area contributed by atoms with E-state index in [4.69, 9.17) is 4.74 Å². The Morgan fingerprint density at radius 3 is 2.70 bits per heavy atom. The summed E-state index contributed by atoms with van der Waals surface area (Å²) in [7, 11) is 1.73. The van der Waals surface area contributed by atoms with Crippen molar-refractivity contribution in [1.82, 2.24) is 9.97 Å². The van der Waals surface area contributed by atoms with Gasteiger partial charge in [0.05, 0.1) is 10.5 Å². The molecule has 2 rings (SSSR count). The van der Waals surface area contributed by atoms with Crippen LogP contribution in [-0.4, -0.2) is 21.9 Å². The van der Waals surface area contributed by atoms with E-state index in [1.54, 1.807) is 33.0 Å². The first-order valence-electron chi connectivity index (χ1n) is 5.95. The summed E-state index contributed by atoms with van der Waals surface area (Å²) in [6, 6.07) is 4.77. The molecule has 0 unspecified atom stereocenters. The largest absolute Gasteiger partial charge is 0.431 e. The van der Waals surface area contributed by atoms with E-state index in [9.17, 15) is 10.1 Å². The van der Waals surface area contributed by atoms with Crippen LogP contribution in [0.15, 0.2) is 24.5 Å². The number of benzene rings is 1. The normalized spacial score (nSPS) is 10.2. The third-order valence-corrected chi connectivity index (χ3v) is 2.79. The van der Waals surface area contributed by atoms with E-state index in [2.05, 4.69) is 15.3 Å². The summed E-state index contributed by atoms with van der Waals surface area (Å²) in [6.07, 6.45) is 1.34. The Balaban J connectivity index is 2.42. The Morgan fingerprint density at radius 2 is 2.05 bits per heavy atom. The number of ether oxygens (including phenoxy) is 1. The Morgan fingerprint density at radius 1 is 1.30 bits per heavy atom. The molecule has 1 N–H and O–H groups in total. The minimum Gasteiger partial charge on any atom is -0.431 e. The quantitative estimate of drug-likeness (QED) is 0.681.